The summed E-state index contributed by atoms with van der Waals surface area (Å²) >= 11 is 3.39. The zero-order chi connectivity index (χ0) is 19.4. The number of benzene rings is 2. The Morgan fingerprint density at radius 3 is 2.04 bits per heavy atom. The quantitative estimate of drug-likeness (QED) is 0.561. The van der Waals surface area contributed by atoms with E-state index in [0.717, 1.165) is 10.0 Å². The molecule has 0 unspecified atom stereocenters. The number of furan rings is 1. The van der Waals surface area contributed by atoms with Crippen molar-refractivity contribution < 1.29 is 14.0 Å². The number of nitrogens with one attached hydrogen (secondary N) is 2. The van der Waals surface area contributed by atoms with Crippen LogP contribution in [0.1, 0.15) is 24.4 Å². The zero-order valence-electron chi connectivity index (χ0n) is 15.0. The smallest absolute Gasteiger partial charge is 0.291 e. The molecule has 0 aliphatic carbocycles. The maximum absolute atomic E-state index is 12.4. The number of carbonyl (C=O) groups excluding carboxylic acids is 2. The van der Waals surface area contributed by atoms with Crippen LogP contribution < -0.4 is 10.6 Å². The van der Waals surface area contributed by atoms with Gasteiger partial charge in [-0.3, -0.25) is 9.59 Å². The van der Waals surface area contributed by atoms with Crippen LogP contribution in [0.2, 0.25) is 0 Å². The molecule has 0 aliphatic heterocycles. The van der Waals surface area contributed by atoms with Crippen molar-refractivity contribution in [3.8, 4) is 11.3 Å². The van der Waals surface area contributed by atoms with E-state index in [0.29, 0.717) is 17.1 Å². The second kappa shape index (κ2) is 8.22. The number of amides is 2. The highest BCUT2D eigenvalue weighted by Crippen LogP contribution is 2.24. The van der Waals surface area contributed by atoms with Crippen molar-refractivity contribution in [2.75, 3.05) is 10.6 Å². The number of hydrogen-bond acceptors (Lipinski definition) is 3. The van der Waals surface area contributed by atoms with Gasteiger partial charge in [-0.1, -0.05) is 41.9 Å². The van der Waals surface area contributed by atoms with Crippen LogP contribution in [0.15, 0.2) is 69.6 Å². The van der Waals surface area contributed by atoms with Crippen molar-refractivity contribution >= 4 is 39.1 Å². The summed E-state index contributed by atoms with van der Waals surface area (Å²) in [5, 5.41) is 5.59. The number of anilines is 2. The lowest BCUT2D eigenvalue weighted by Gasteiger charge is -2.09. The van der Waals surface area contributed by atoms with Gasteiger partial charge in [-0.05, 0) is 48.5 Å². The van der Waals surface area contributed by atoms with Crippen LogP contribution in [0.25, 0.3) is 11.3 Å². The van der Waals surface area contributed by atoms with Crippen LogP contribution >= 0.6 is 15.9 Å². The minimum Gasteiger partial charge on any atom is -0.451 e. The largest absolute Gasteiger partial charge is 0.451 e. The lowest BCUT2D eigenvalue weighted by molar-refractivity contribution is -0.118. The molecule has 0 bridgehead atoms. The summed E-state index contributed by atoms with van der Waals surface area (Å²) in [6, 6.07) is 18.0. The van der Waals surface area contributed by atoms with E-state index in [1.165, 1.54) is 0 Å². The number of halogens is 1. The Balaban J connectivity index is 1.65. The van der Waals surface area contributed by atoms with Gasteiger partial charge in [0.15, 0.2) is 5.76 Å². The molecule has 0 atom stereocenters. The highest BCUT2D eigenvalue weighted by atomic mass is 79.9. The average Bonchev–Trinajstić information content (AvgIpc) is 3.14. The van der Waals surface area contributed by atoms with Gasteiger partial charge < -0.3 is 15.1 Å². The molecule has 0 radical (unpaired) electrons. The summed E-state index contributed by atoms with van der Waals surface area (Å²) in [5.41, 5.74) is 2.19. The fraction of sp³-hybridized carbons (Fsp3) is 0.143. The summed E-state index contributed by atoms with van der Waals surface area (Å²) in [6.07, 6.45) is 0. The highest BCUT2D eigenvalue weighted by molar-refractivity contribution is 9.10. The SMILES string of the molecule is CC(C)C(=O)Nc1ccc(NC(=O)c2ccc(-c3ccc(Br)cc3)o2)cc1. The minimum atomic E-state index is -0.336. The molecular weight excluding hydrogens is 408 g/mol. The number of hydrogen-bond donors (Lipinski definition) is 2. The summed E-state index contributed by atoms with van der Waals surface area (Å²) in [7, 11) is 0. The molecule has 27 heavy (non-hydrogen) atoms. The Labute approximate surface area is 165 Å². The predicted octanol–water partition coefficient (Wildman–Crippen LogP) is 5.56. The van der Waals surface area contributed by atoms with E-state index < -0.39 is 0 Å². The molecule has 0 saturated heterocycles. The lowest BCUT2D eigenvalue weighted by atomic mass is 10.2. The second-order valence-electron chi connectivity index (χ2n) is 6.35. The van der Waals surface area contributed by atoms with Gasteiger partial charge in [-0.15, -0.1) is 0 Å². The molecule has 5 nitrogen and oxygen atoms in total. The van der Waals surface area contributed by atoms with Crippen LogP contribution in [0, 0.1) is 5.92 Å². The first-order valence-electron chi connectivity index (χ1n) is 8.50. The van der Waals surface area contributed by atoms with Gasteiger partial charge in [0.25, 0.3) is 5.91 Å². The Bertz CT molecular complexity index is 944. The maximum atomic E-state index is 12.4. The average molecular weight is 427 g/mol. The Hall–Kier alpha value is -2.86. The van der Waals surface area contributed by atoms with Gasteiger partial charge in [-0.2, -0.15) is 0 Å². The Kier molecular flexibility index (Phi) is 5.76. The summed E-state index contributed by atoms with van der Waals surface area (Å²) in [6.45, 7) is 3.66. The normalized spacial score (nSPS) is 10.7. The van der Waals surface area contributed by atoms with E-state index in [1.54, 1.807) is 36.4 Å². The van der Waals surface area contributed by atoms with Crippen molar-refractivity contribution in [2.45, 2.75) is 13.8 Å². The minimum absolute atomic E-state index is 0.0529. The molecule has 3 aromatic rings. The van der Waals surface area contributed by atoms with Crippen LogP contribution in [0.4, 0.5) is 11.4 Å². The first-order chi connectivity index (χ1) is 12.9. The monoisotopic (exact) mass is 426 g/mol. The van der Waals surface area contributed by atoms with E-state index in [2.05, 4.69) is 26.6 Å². The van der Waals surface area contributed by atoms with Gasteiger partial charge in [0, 0.05) is 27.3 Å². The van der Waals surface area contributed by atoms with Crippen LogP contribution in [0.3, 0.4) is 0 Å². The van der Waals surface area contributed by atoms with Crippen molar-refractivity contribution in [3.63, 3.8) is 0 Å². The first kappa shape index (κ1) is 18.9. The molecular formula is C21H19BrN2O3. The molecule has 138 valence electrons. The third-order valence-electron chi connectivity index (χ3n) is 3.89. The van der Waals surface area contributed by atoms with E-state index in [9.17, 15) is 9.59 Å². The molecule has 1 heterocycles. The van der Waals surface area contributed by atoms with Gasteiger partial charge >= 0.3 is 0 Å². The molecule has 2 aromatic carbocycles. The molecule has 0 aliphatic rings. The molecule has 0 fully saturated rings. The van der Waals surface area contributed by atoms with Crippen molar-refractivity contribution in [3.05, 3.63) is 70.9 Å². The zero-order valence-corrected chi connectivity index (χ0v) is 16.5. The fourth-order valence-electron chi connectivity index (χ4n) is 2.35. The lowest BCUT2D eigenvalue weighted by Crippen LogP contribution is -2.17. The first-order valence-corrected chi connectivity index (χ1v) is 9.30. The van der Waals surface area contributed by atoms with E-state index in [4.69, 9.17) is 4.42 Å². The van der Waals surface area contributed by atoms with Gasteiger partial charge in [0.2, 0.25) is 5.91 Å². The fourth-order valence-corrected chi connectivity index (χ4v) is 2.61. The molecule has 6 heteroatoms. The highest BCUT2D eigenvalue weighted by Gasteiger charge is 2.13. The second-order valence-corrected chi connectivity index (χ2v) is 7.26. The molecule has 1 aromatic heterocycles. The van der Waals surface area contributed by atoms with Crippen molar-refractivity contribution in [1.29, 1.82) is 0 Å². The number of carbonyl (C=O) groups is 2. The third kappa shape index (κ3) is 4.86. The van der Waals surface area contributed by atoms with Gasteiger partial charge in [0.1, 0.15) is 5.76 Å². The van der Waals surface area contributed by atoms with Crippen LogP contribution in [0.5, 0.6) is 0 Å². The molecule has 0 saturated carbocycles. The van der Waals surface area contributed by atoms with E-state index in [-0.39, 0.29) is 23.5 Å². The van der Waals surface area contributed by atoms with Crippen LogP contribution in [-0.2, 0) is 4.79 Å². The molecule has 2 amide bonds. The Morgan fingerprint density at radius 1 is 0.852 bits per heavy atom. The molecule has 0 spiro atoms. The summed E-state index contributed by atoms with van der Waals surface area (Å²) < 4.78 is 6.64. The molecule has 2 N–H and O–H groups in total. The topological polar surface area (TPSA) is 71.3 Å². The van der Waals surface area contributed by atoms with E-state index >= 15 is 0 Å². The Morgan fingerprint density at radius 2 is 1.44 bits per heavy atom. The van der Waals surface area contributed by atoms with Crippen molar-refractivity contribution in [2.24, 2.45) is 5.92 Å². The van der Waals surface area contributed by atoms with Gasteiger partial charge in [0.05, 0.1) is 0 Å². The maximum Gasteiger partial charge on any atom is 0.291 e. The number of rotatable bonds is 5. The standard InChI is InChI=1S/C21H19BrN2O3/c1-13(2)20(25)23-16-7-9-17(10-8-16)24-21(26)19-12-11-18(27-19)14-3-5-15(22)6-4-14/h3-13H,1-2H3,(H,23,25)(H,24,26). The molecule has 3 rings (SSSR count). The van der Waals surface area contributed by atoms with Crippen LogP contribution in [-0.4, -0.2) is 11.8 Å². The van der Waals surface area contributed by atoms with E-state index in [1.807, 2.05) is 38.1 Å². The summed E-state index contributed by atoms with van der Waals surface area (Å²) in [5.74, 6) is 0.368. The van der Waals surface area contributed by atoms with Crippen molar-refractivity contribution in [1.82, 2.24) is 0 Å². The van der Waals surface area contributed by atoms with Gasteiger partial charge in [-0.25, -0.2) is 0 Å². The summed E-state index contributed by atoms with van der Waals surface area (Å²) in [4.78, 5) is 24.1. The predicted molar refractivity (Wildman–Crippen MR) is 110 cm³/mol. The third-order valence-corrected chi connectivity index (χ3v) is 4.42.